The van der Waals surface area contributed by atoms with Crippen molar-refractivity contribution in [3.05, 3.63) is 76.1 Å². The predicted octanol–water partition coefficient (Wildman–Crippen LogP) is 5.28. The molecule has 7 heterocycles. The number of rotatable bonds is 9. The van der Waals surface area contributed by atoms with Crippen molar-refractivity contribution < 1.29 is 19.2 Å². The van der Waals surface area contributed by atoms with Crippen LogP contribution in [0.1, 0.15) is 83.3 Å². The number of benzene rings is 2. The molecule has 2 aromatic heterocycles. The lowest BCUT2D eigenvalue weighted by Gasteiger charge is -2.55. The summed E-state index contributed by atoms with van der Waals surface area (Å²) >= 11 is 6.42. The van der Waals surface area contributed by atoms with Gasteiger partial charge in [0, 0.05) is 83.1 Å². The summed E-state index contributed by atoms with van der Waals surface area (Å²) in [6, 6.07) is 13.1. The fourth-order valence-corrected chi connectivity index (χ4v) is 9.85. The van der Waals surface area contributed by atoms with Crippen LogP contribution in [0.15, 0.2) is 48.7 Å². The minimum absolute atomic E-state index is 0.0512. The van der Waals surface area contributed by atoms with Gasteiger partial charge in [0.25, 0.3) is 11.8 Å². The standard InChI is InChI=1S/C41H48ClN11O4.C3H6/c1-44-31-20-35(47-53-34(37(43)55)21-45-38(31)53)51-15-9-29-28(3-2-4-32(29)51)23-48-13-7-26(8-14-48)22-49-24-41(25-49)11-17-50(18-12-41)39(56)27-5-6-30(42)33(19-27)52-16-10-36(54)46-40(52)57;1-2-3-1/h2-6,19-21,26,44H,7-18,22-25H2,1H3,(H2,43,55)(H,46,54,57);1-3H2. The Hall–Kier alpha value is -5.25. The number of urea groups is 1. The maximum atomic E-state index is 13.5. The van der Waals surface area contributed by atoms with Crippen LogP contribution in [0.2, 0.25) is 5.02 Å². The SMILES string of the molecule is C1CC1.CNc1cc(N2CCc3c(CN4CCC(CN5CC6(CCN(C(=O)c7ccc(Cl)c(N8CCC(=O)NC8=O)c7)CC6)C5)CC4)cccc32)nn2c(C(N)=O)cnc12. The van der Waals surface area contributed by atoms with Crippen molar-refractivity contribution in [2.75, 3.05) is 81.1 Å². The molecule has 6 aliphatic rings. The number of amides is 5. The summed E-state index contributed by atoms with van der Waals surface area (Å²) in [4.78, 5) is 64.9. The van der Waals surface area contributed by atoms with E-state index in [9.17, 15) is 19.2 Å². The van der Waals surface area contributed by atoms with Crippen LogP contribution in [0, 0.1) is 11.3 Å². The lowest BCUT2D eigenvalue weighted by atomic mass is 9.71. The van der Waals surface area contributed by atoms with E-state index in [0.717, 1.165) is 82.3 Å². The molecule has 1 aliphatic carbocycles. The third-order valence-electron chi connectivity index (χ3n) is 13.1. The summed E-state index contributed by atoms with van der Waals surface area (Å²) in [7, 11) is 1.83. The van der Waals surface area contributed by atoms with Crippen LogP contribution in [-0.2, 0) is 17.8 Å². The predicted molar refractivity (Wildman–Crippen MR) is 231 cm³/mol. The fraction of sp³-hybridized carbons (Fsp3) is 0.500. The molecule has 16 heteroatoms. The first-order valence-electron chi connectivity index (χ1n) is 21.5. The summed E-state index contributed by atoms with van der Waals surface area (Å²) < 4.78 is 1.53. The van der Waals surface area contributed by atoms with Crippen molar-refractivity contribution in [1.29, 1.82) is 0 Å². The molecule has 15 nitrogen and oxygen atoms in total. The smallest absolute Gasteiger partial charge is 0.328 e. The van der Waals surface area contributed by atoms with Crippen LogP contribution < -0.4 is 26.2 Å². The first-order valence-corrected chi connectivity index (χ1v) is 21.9. The number of nitrogens with one attached hydrogen (secondary N) is 2. The van der Waals surface area contributed by atoms with Gasteiger partial charge in [-0.05, 0) is 91.9 Å². The van der Waals surface area contributed by atoms with Crippen LogP contribution >= 0.6 is 11.6 Å². The van der Waals surface area contributed by atoms with Crippen molar-refractivity contribution in [2.45, 2.75) is 64.3 Å². The van der Waals surface area contributed by atoms with Crippen LogP contribution in [0.25, 0.3) is 5.65 Å². The summed E-state index contributed by atoms with van der Waals surface area (Å²) in [5.41, 5.74) is 12.3. The second-order valence-electron chi connectivity index (χ2n) is 17.4. The summed E-state index contributed by atoms with van der Waals surface area (Å²) in [6.07, 6.45) is 11.4. The van der Waals surface area contributed by atoms with Gasteiger partial charge in [-0.3, -0.25) is 29.5 Å². The van der Waals surface area contributed by atoms with Gasteiger partial charge in [-0.1, -0.05) is 43.0 Å². The zero-order valence-corrected chi connectivity index (χ0v) is 35.1. The van der Waals surface area contributed by atoms with Crippen molar-refractivity contribution in [3.8, 4) is 0 Å². The highest BCUT2D eigenvalue weighted by Crippen LogP contribution is 2.42. The largest absolute Gasteiger partial charge is 0.385 e. The molecule has 4 saturated heterocycles. The molecule has 4 N–H and O–H groups in total. The van der Waals surface area contributed by atoms with Gasteiger partial charge in [0.2, 0.25) is 5.91 Å². The van der Waals surface area contributed by atoms with E-state index in [0.29, 0.717) is 40.9 Å². The number of likely N-dealkylation sites (tertiary alicyclic amines) is 3. The number of anilines is 4. The van der Waals surface area contributed by atoms with Crippen LogP contribution in [0.5, 0.6) is 0 Å². The Morgan fingerprint density at radius 3 is 2.37 bits per heavy atom. The zero-order chi connectivity index (χ0) is 41.5. The molecule has 1 saturated carbocycles. The van der Waals surface area contributed by atoms with Crippen LogP contribution in [0.3, 0.4) is 0 Å². The van der Waals surface area contributed by atoms with Gasteiger partial charge in [-0.25, -0.2) is 14.3 Å². The Morgan fingerprint density at radius 1 is 0.917 bits per heavy atom. The number of carbonyl (C=O) groups excluding carboxylic acids is 4. The average molecular weight is 836 g/mol. The number of piperidine rings is 2. The highest BCUT2D eigenvalue weighted by Gasteiger charge is 2.46. The number of halogens is 1. The molecule has 4 aromatic rings. The third-order valence-corrected chi connectivity index (χ3v) is 13.4. The number of aromatic nitrogens is 3. The number of imide groups is 1. The first kappa shape index (κ1) is 40.2. The molecule has 2 aromatic carbocycles. The van der Waals surface area contributed by atoms with E-state index in [4.69, 9.17) is 22.4 Å². The molecule has 0 unspecified atom stereocenters. The van der Waals surface area contributed by atoms with E-state index in [1.54, 1.807) is 18.2 Å². The average Bonchev–Trinajstić information content (AvgIpc) is 3.96. The van der Waals surface area contributed by atoms with Gasteiger partial charge < -0.3 is 25.8 Å². The van der Waals surface area contributed by atoms with E-state index in [1.165, 1.54) is 58.8 Å². The molecule has 0 atom stereocenters. The molecule has 5 fully saturated rings. The number of imidazole rings is 1. The fourth-order valence-electron chi connectivity index (χ4n) is 9.63. The number of carbonyl (C=O) groups is 4. The molecule has 316 valence electrons. The number of fused-ring (bicyclic) bond motifs is 2. The molecule has 10 rings (SSSR count). The van der Waals surface area contributed by atoms with E-state index >= 15 is 0 Å². The summed E-state index contributed by atoms with van der Waals surface area (Å²) in [5.74, 6) is 0.500. The Balaban J connectivity index is 0.00000148. The number of hydrogen-bond acceptors (Lipinski definition) is 10. The highest BCUT2D eigenvalue weighted by molar-refractivity contribution is 6.34. The summed E-state index contributed by atoms with van der Waals surface area (Å²) in [6.45, 7) is 8.88. The van der Waals surface area contributed by atoms with Gasteiger partial charge in [0.05, 0.1) is 22.6 Å². The van der Waals surface area contributed by atoms with E-state index in [1.807, 2.05) is 18.0 Å². The molecule has 5 amide bonds. The zero-order valence-electron chi connectivity index (χ0n) is 34.3. The minimum Gasteiger partial charge on any atom is -0.385 e. The van der Waals surface area contributed by atoms with Gasteiger partial charge in [0.1, 0.15) is 5.69 Å². The van der Waals surface area contributed by atoms with Gasteiger partial charge >= 0.3 is 6.03 Å². The van der Waals surface area contributed by atoms with Gasteiger partial charge in [-0.2, -0.15) is 0 Å². The minimum atomic E-state index is -0.567. The molecular formula is C44H54ClN11O4. The van der Waals surface area contributed by atoms with E-state index in [-0.39, 0.29) is 35.9 Å². The van der Waals surface area contributed by atoms with Gasteiger partial charge in [0.15, 0.2) is 11.5 Å². The Bertz CT molecular complexity index is 2300. The molecule has 60 heavy (non-hydrogen) atoms. The highest BCUT2D eigenvalue weighted by atomic mass is 35.5. The summed E-state index contributed by atoms with van der Waals surface area (Å²) in [5, 5.41) is 10.7. The monoisotopic (exact) mass is 835 g/mol. The van der Waals surface area contributed by atoms with Crippen LogP contribution in [0.4, 0.5) is 27.7 Å². The quantitative estimate of drug-likeness (QED) is 0.202. The Morgan fingerprint density at radius 2 is 1.67 bits per heavy atom. The van der Waals surface area contributed by atoms with Crippen molar-refractivity contribution >= 4 is 63.9 Å². The number of nitrogens with zero attached hydrogens (tertiary/aromatic N) is 8. The van der Waals surface area contributed by atoms with Gasteiger partial charge in [-0.15, -0.1) is 5.10 Å². The second kappa shape index (κ2) is 16.7. The lowest BCUT2D eigenvalue weighted by molar-refractivity contribution is -0.120. The molecule has 5 aliphatic heterocycles. The second-order valence-corrected chi connectivity index (χ2v) is 17.8. The maximum Gasteiger partial charge on any atom is 0.328 e. The molecular weight excluding hydrogens is 782 g/mol. The first-order chi connectivity index (χ1) is 29.1. The number of primary amides is 1. The number of nitrogens with two attached hydrogens (primary N) is 1. The van der Waals surface area contributed by atoms with Crippen LogP contribution in [-0.4, -0.2) is 119 Å². The topological polar surface area (TPSA) is 165 Å². The van der Waals surface area contributed by atoms with Crippen molar-refractivity contribution in [1.82, 2.24) is 34.6 Å². The van der Waals surface area contributed by atoms with E-state index in [2.05, 4.69) is 48.5 Å². The third kappa shape index (κ3) is 8.14. The van der Waals surface area contributed by atoms with Crippen molar-refractivity contribution in [3.63, 3.8) is 0 Å². The maximum absolute atomic E-state index is 13.5. The van der Waals surface area contributed by atoms with E-state index < -0.39 is 11.9 Å². The number of hydrogen-bond donors (Lipinski definition) is 3. The Kier molecular flexibility index (Phi) is 11.2. The molecule has 0 bridgehead atoms. The molecule has 0 radical (unpaired) electrons. The van der Waals surface area contributed by atoms with Crippen molar-refractivity contribution in [2.24, 2.45) is 17.1 Å². The lowest BCUT2D eigenvalue weighted by Crippen LogP contribution is -2.61. The molecule has 1 spiro atoms. The normalized spacial score (nSPS) is 20.4. The Labute approximate surface area is 355 Å².